The number of hydrogen-bond donors (Lipinski definition) is 2. The van der Waals surface area contributed by atoms with Gasteiger partial charge in [-0.05, 0) is 48.8 Å². The maximum atomic E-state index is 12.3. The highest BCUT2D eigenvalue weighted by molar-refractivity contribution is 5.91. The molecular weight excluding hydrogens is 276 g/mol. The summed E-state index contributed by atoms with van der Waals surface area (Å²) in [5.74, 6) is 0.346. The van der Waals surface area contributed by atoms with Crippen molar-refractivity contribution in [1.29, 1.82) is 0 Å². The maximum Gasteiger partial charge on any atom is 0.224 e. The van der Waals surface area contributed by atoms with Crippen molar-refractivity contribution >= 4 is 17.5 Å². The molecule has 2 rings (SSSR count). The second kappa shape index (κ2) is 6.11. The summed E-state index contributed by atoms with van der Waals surface area (Å²) in [6.45, 7) is 9.79. The molecule has 0 heterocycles. The Kier molecular flexibility index (Phi) is 4.59. The zero-order valence-electron chi connectivity index (χ0n) is 14.1. The smallest absolute Gasteiger partial charge is 0.224 e. The summed E-state index contributed by atoms with van der Waals surface area (Å²) in [7, 11) is 0. The van der Waals surface area contributed by atoms with Crippen LogP contribution < -0.4 is 10.6 Å². The highest BCUT2D eigenvalue weighted by atomic mass is 16.2. The van der Waals surface area contributed by atoms with Crippen LogP contribution in [0.2, 0.25) is 0 Å². The SMILES string of the molecule is CC(=O)NC1CC(CC(=O)Nc2cc(C)ccc2C)C1(C)C. The van der Waals surface area contributed by atoms with Gasteiger partial charge in [0.2, 0.25) is 11.8 Å². The number of anilines is 1. The van der Waals surface area contributed by atoms with Gasteiger partial charge in [-0.25, -0.2) is 0 Å². The number of nitrogens with one attached hydrogen (secondary N) is 2. The quantitative estimate of drug-likeness (QED) is 0.897. The minimum absolute atomic E-state index is 0.00337. The molecule has 1 aliphatic carbocycles. The summed E-state index contributed by atoms with van der Waals surface area (Å²) in [6, 6.07) is 6.23. The number of carbonyl (C=O) groups is 2. The topological polar surface area (TPSA) is 58.2 Å². The van der Waals surface area contributed by atoms with E-state index in [0.717, 1.165) is 23.2 Å². The zero-order valence-corrected chi connectivity index (χ0v) is 14.1. The molecule has 2 amide bonds. The van der Waals surface area contributed by atoms with Gasteiger partial charge in [0, 0.05) is 25.1 Å². The van der Waals surface area contributed by atoms with E-state index in [1.165, 1.54) is 6.92 Å². The Bertz CT molecular complexity index is 593. The fraction of sp³-hybridized carbons (Fsp3) is 0.556. The van der Waals surface area contributed by atoms with Crippen molar-refractivity contribution in [2.75, 3.05) is 5.32 Å². The molecule has 120 valence electrons. The van der Waals surface area contributed by atoms with E-state index in [-0.39, 0.29) is 23.3 Å². The van der Waals surface area contributed by atoms with Gasteiger partial charge in [-0.15, -0.1) is 0 Å². The van der Waals surface area contributed by atoms with Gasteiger partial charge in [-0.1, -0.05) is 26.0 Å². The lowest BCUT2D eigenvalue weighted by atomic mass is 9.57. The predicted molar refractivity (Wildman–Crippen MR) is 88.7 cm³/mol. The fourth-order valence-corrected chi connectivity index (χ4v) is 3.15. The van der Waals surface area contributed by atoms with Crippen molar-refractivity contribution in [3.8, 4) is 0 Å². The minimum Gasteiger partial charge on any atom is -0.353 e. The second-order valence-electron chi connectivity index (χ2n) is 7.08. The van der Waals surface area contributed by atoms with Crippen LogP contribution in [0.15, 0.2) is 18.2 Å². The Labute approximate surface area is 132 Å². The number of rotatable bonds is 4. The van der Waals surface area contributed by atoms with E-state index in [0.29, 0.717) is 12.3 Å². The largest absolute Gasteiger partial charge is 0.353 e. The van der Waals surface area contributed by atoms with Crippen molar-refractivity contribution in [2.45, 2.75) is 53.5 Å². The first kappa shape index (κ1) is 16.5. The molecule has 0 saturated heterocycles. The summed E-state index contributed by atoms with van der Waals surface area (Å²) >= 11 is 0. The summed E-state index contributed by atoms with van der Waals surface area (Å²) in [5, 5.41) is 5.99. The molecule has 4 nitrogen and oxygen atoms in total. The lowest BCUT2D eigenvalue weighted by Crippen LogP contribution is -2.58. The molecule has 0 aliphatic heterocycles. The van der Waals surface area contributed by atoms with Crippen molar-refractivity contribution in [3.05, 3.63) is 29.3 Å². The first-order chi connectivity index (χ1) is 10.2. The molecule has 0 radical (unpaired) electrons. The van der Waals surface area contributed by atoms with E-state index in [2.05, 4.69) is 24.5 Å². The first-order valence-corrected chi connectivity index (χ1v) is 7.84. The lowest BCUT2D eigenvalue weighted by Gasteiger charge is -2.52. The van der Waals surface area contributed by atoms with Gasteiger partial charge < -0.3 is 10.6 Å². The van der Waals surface area contributed by atoms with Crippen LogP contribution in [-0.4, -0.2) is 17.9 Å². The number of amides is 2. The maximum absolute atomic E-state index is 12.3. The summed E-state index contributed by atoms with van der Waals surface area (Å²) in [4.78, 5) is 23.5. The van der Waals surface area contributed by atoms with Crippen molar-refractivity contribution < 1.29 is 9.59 Å². The molecule has 0 bridgehead atoms. The van der Waals surface area contributed by atoms with Crippen LogP contribution in [0.25, 0.3) is 0 Å². The third-order valence-corrected chi connectivity index (χ3v) is 4.95. The molecule has 1 aromatic rings. The van der Waals surface area contributed by atoms with Gasteiger partial charge in [0.15, 0.2) is 0 Å². The van der Waals surface area contributed by atoms with Crippen LogP contribution in [0.5, 0.6) is 0 Å². The van der Waals surface area contributed by atoms with Crippen molar-refractivity contribution in [2.24, 2.45) is 11.3 Å². The Balaban J connectivity index is 1.93. The van der Waals surface area contributed by atoms with E-state index in [1.807, 2.05) is 32.0 Å². The molecule has 22 heavy (non-hydrogen) atoms. The zero-order chi connectivity index (χ0) is 16.5. The fourth-order valence-electron chi connectivity index (χ4n) is 3.15. The number of benzene rings is 1. The lowest BCUT2D eigenvalue weighted by molar-refractivity contribution is -0.125. The van der Waals surface area contributed by atoms with Crippen LogP contribution in [0.4, 0.5) is 5.69 Å². The highest BCUT2D eigenvalue weighted by Gasteiger charge is 2.48. The molecule has 1 fully saturated rings. The van der Waals surface area contributed by atoms with E-state index in [9.17, 15) is 9.59 Å². The molecule has 1 saturated carbocycles. The standard InChI is InChI=1S/C18H26N2O2/c1-11-6-7-12(2)15(8-11)20-17(22)10-14-9-16(18(14,4)5)19-13(3)21/h6-8,14,16H,9-10H2,1-5H3,(H,19,21)(H,20,22). The van der Waals surface area contributed by atoms with Gasteiger partial charge in [0.25, 0.3) is 0 Å². The first-order valence-electron chi connectivity index (χ1n) is 7.84. The van der Waals surface area contributed by atoms with Crippen LogP contribution in [0.1, 0.15) is 44.7 Å². The van der Waals surface area contributed by atoms with E-state index < -0.39 is 0 Å². The van der Waals surface area contributed by atoms with Gasteiger partial charge >= 0.3 is 0 Å². The van der Waals surface area contributed by atoms with Crippen molar-refractivity contribution in [3.63, 3.8) is 0 Å². The predicted octanol–water partition coefficient (Wildman–Crippen LogP) is 3.18. The second-order valence-corrected chi connectivity index (χ2v) is 7.08. The molecule has 2 atom stereocenters. The third-order valence-electron chi connectivity index (χ3n) is 4.95. The molecule has 2 N–H and O–H groups in total. The molecule has 0 spiro atoms. The minimum atomic E-state index is -0.0370. The summed E-state index contributed by atoms with van der Waals surface area (Å²) in [5.41, 5.74) is 3.06. The Morgan fingerprint density at radius 3 is 2.55 bits per heavy atom. The molecule has 1 aromatic carbocycles. The molecule has 0 aromatic heterocycles. The Morgan fingerprint density at radius 2 is 1.95 bits per heavy atom. The average Bonchev–Trinajstić information content (AvgIpc) is 2.41. The monoisotopic (exact) mass is 302 g/mol. The number of hydrogen-bond acceptors (Lipinski definition) is 2. The molecule has 2 unspecified atom stereocenters. The number of aryl methyl sites for hydroxylation is 2. The number of carbonyl (C=O) groups excluding carboxylic acids is 2. The van der Waals surface area contributed by atoms with E-state index in [1.54, 1.807) is 0 Å². The van der Waals surface area contributed by atoms with Gasteiger partial charge in [-0.2, -0.15) is 0 Å². The summed E-state index contributed by atoms with van der Waals surface area (Å²) < 4.78 is 0. The van der Waals surface area contributed by atoms with Crippen LogP contribution in [0, 0.1) is 25.2 Å². The van der Waals surface area contributed by atoms with Gasteiger partial charge in [0.1, 0.15) is 0 Å². The molecule has 4 heteroatoms. The summed E-state index contributed by atoms with van der Waals surface area (Å²) in [6.07, 6.45) is 1.36. The van der Waals surface area contributed by atoms with E-state index in [4.69, 9.17) is 0 Å². The third kappa shape index (κ3) is 3.49. The van der Waals surface area contributed by atoms with E-state index >= 15 is 0 Å². The average molecular weight is 302 g/mol. The molecule has 1 aliphatic rings. The van der Waals surface area contributed by atoms with Gasteiger partial charge in [-0.3, -0.25) is 9.59 Å². The van der Waals surface area contributed by atoms with Gasteiger partial charge in [0.05, 0.1) is 0 Å². The Morgan fingerprint density at radius 1 is 1.27 bits per heavy atom. The van der Waals surface area contributed by atoms with Crippen LogP contribution >= 0.6 is 0 Å². The van der Waals surface area contributed by atoms with Crippen LogP contribution in [-0.2, 0) is 9.59 Å². The van der Waals surface area contributed by atoms with Crippen LogP contribution in [0.3, 0.4) is 0 Å². The molecular formula is C18H26N2O2. The Hall–Kier alpha value is -1.84. The van der Waals surface area contributed by atoms with Crippen molar-refractivity contribution in [1.82, 2.24) is 5.32 Å². The normalized spacial score (nSPS) is 22.6. The highest BCUT2D eigenvalue weighted by Crippen LogP contribution is 2.48.